The normalized spacial score (nSPS) is 18.0. The highest BCUT2D eigenvalue weighted by atomic mass is 16.4. The van der Waals surface area contributed by atoms with Crippen LogP contribution in [-0.2, 0) is 0 Å². The first-order valence-electron chi connectivity index (χ1n) is 50.4. The van der Waals surface area contributed by atoms with E-state index in [1.165, 1.54) is 16.0 Å². The molecule has 5 unspecified atom stereocenters. The van der Waals surface area contributed by atoms with Crippen LogP contribution in [0.3, 0.4) is 0 Å². The van der Waals surface area contributed by atoms with Crippen LogP contribution in [0.1, 0.15) is 145 Å². The minimum atomic E-state index is -2.35. The molecular formula is C110H111N21O5. The van der Waals surface area contributed by atoms with Gasteiger partial charge in [-0.2, -0.15) is 0 Å². The molecule has 0 fully saturated rings. The molecule has 0 saturated carbocycles. The minimum Gasteiger partial charge on any atom is -0.435 e. The summed E-state index contributed by atoms with van der Waals surface area (Å²) in [4.78, 5) is 69.4. The van der Waals surface area contributed by atoms with Crippen LogP contribution >= 0.6 is 0 Å². The van der Waals surface area contributed by atoms with Crippen molar-refractivity contribution >= 4 is 196 Å². The fraction of sp³-hybridized carbons (Fsp3) is 0.282. The summed E-state index contributed by atoms with van der Waals surface area (Å²) in [6, 6.07) is 54.2. The molecule has 20 aromatic rings. The highest BCUT2D eigenvalue weighted by Crippen LogP contribution is 2.55. The highest BCUT2D eigenvalue weighted by molar-refractivity contribution is 6.15. The number of hydrogen-bond acceptors (Lipinski definition) is 26. The number of rotatable bonds is 8. The Labute approximate surface area is 802 Å². The summed E-state index contributed by atoms with van der Waals surface area (Å²) >= 11 is 0. The van der Waals surface area contributed by atoms with Gasteiger partial charge in [-0.25, -0.2) is 54.8 Å². The molecule has 15 aromatic heterocycles. The smallest absolute Gasteiger partial charge is 0.227 e. The minimum absolute atomic E-state index is 0.0837. The highest BCUT2D eigenvalue weighted by Gasteiger charge is 2.44. The van der Waals surface area contributed by atoms with Gasteiger partial charge in [0.15, 0.2) is 62.8 Å². The van der Waals surface area contributed by atoms with Gasteiger partial charge in [-0.05, 0) is 282 Å². The molecule has 0 aliphatic carbocycles. The van der Waals surface area contributed by atoms with Gasteiger partial charge in [-0.1, -0.05) is 60.7 Å². The van der Waals surface area contributed by atoms with Crippen molar-refractivity contribution in [3.8, 4) is 0 Å². The number of pyridine rings is 9. The number of anilines is 15. The molecule has 20 heterocycles. The Bertz CT molecular complexity index is 7450. The fourth-order valence-corrected chi connectivity index (χ4v) is 20.4. The van der Waals surface area contributed by atoms with Crippen LogP contribution in [0.5, 0.6) is 0 Å². The second kappa shape index (κ2) is 33.6. The molecule has 0 N–H and O–H groups in total. The predicted molar refractivity (Wildman–Crippen MR) is 552 cm³/mol. The van der Waals surface area contributed by atoms with E-state index < -0.39 is 44.3 Å². The topological polar surface area (TPSA) is 240 Å². The monoisotopic (exact) mass is 1810 g/mol. The van der Waals surface area contributed by atoms with Gasteiger partial charge in [0.05, 0.1) is 55.3 Å². The van der Waals surface area contributed by atoms with Crippen molar-refractivity contribution in [3.05, 3.63) is 263 Å². The third-order valence-corrected chi connectivity index (χ3v) is 26.6. The molecule has 5 atom stereocenters. The Morgan fingerprint density at radius 1 is 0.250 bits per heavy atom. The Kier molecular flexibility index (Phi) is 19.0. The zero-order valence-electron chi connectivity index (χ0n) is 88.9. The summed E-state index contributed by atoms with van der Waals surface area (Å²) in [6.07, 6.45) is 8.85. The summed E-state index contributed by atoms with van der Waals surface area (Å²) in [5.74, 6) is 3.77. The standard InChI is InChI=1S/3C23H24N4O.C21H20N4O.C20H19N5O/c2*1-13(2)26-16(5)27(19-7-6-12-24-22(19)26)20-14(3)8-10-17-18-11-9-15(4)25-23(18)28-21(17)20;1-13(2)26-16(5)27(22-19(26)7-6-12-24-22)20-14(3)8-10-17-18-11-9-15(4)25-23(18)28-21(17)20;1-12-7-9-15-16-10-8-13(2)23-21(16)26-19(15)18(12)25-14(3)24(4)20-17(25)6-5-11-22-20;1-11-5-7-14-15-8-6-12(2)23-20(15)26-17(14)16(11)25-13(3)24(4)18-19(25)22-10-9-21-18/h3*6-13,16H,1-5H3;5-11,14H,1-4H3;5-10,13H,1-4H3/i3*13D;2*4D3. The zero-order chi connectivity index (χ0) is 102. The fourth-order valence-electron chi connectivity index (χ4n) is 20.4. The number of aromatic nitrogens is 11. The molecule has 0 spiro atoms. The van der Waals surface area contributed by atoms with Crippen LogP contribution in [0, 0.1) is 69.2 Å². The summed E-state index contributed by atoms with van der Waals surface area (Å²) < 4.78 is 105. The largest absolute Gasteiger partial charge is 0.435 e. The second-order valence-electron chi connectivity index (χ2n) is 36.4. The molecule has 0 amide bonds. The van der Waals surface area contributed by atoms with Crippen LogP contribution in [0.15, 0.2) is 229 Å². The number of fused-ring (bicyclic) bond motifs is 20. The number of hydrogen-bond donors (Lipinski definition) is 0. The molecule has 26 nitrogen and oxygen atoms in total. The zero-order valence-corrected chi connectivity index (χ0v) is 79.9. The quantitative estimate of drug-likeness (QED) is 0.137. The molecule has 0 radical (unpaired) electrons. The van der Waals surface area contributed by atoms with Crippen LogP contribution in [0.25, 0.3) is 110 Å². The van der Waals surface area contributed by atoms with Gasteiger partial charge in [-0.15, -0.1) is 0 Å². The van der Waals surface area contributed by atoms with E-state index >= 15 is 0 Å². The maximum Gasteiger partial charge on any atom is 0.227 e. The Hall–Kier alpha value is -15.5. The third-order valence-electron chi connectivity index (χ3n) is 26.6. The number of aryl methyl sites for hydroxylation is 10. The molecule has 25 rings (SSSR count). The Morgan fingerprint density at radius 2 is 0.493 bits per heavy atom. The Balaban J connectivity index is 0.000000107. The van der Waals surface area contributed by atoms with Gasteiger partial charge in [-0.3, -0.25) is 4.90 Å². The number of benzene rings is 5. The third kappa shape index (κ3) is 14.0. The van der Waals surface area contributed by atoms with E-state index in [0.29, 0.717) is 57.2 Å². The first-order valence-corrected chi connectivity index (χ1v) is 45.9. The van der Waals surface area contributed by atoms with Gasteiger partial charge in [0, 0.05) is 160 Å². The Morgan fingerprint density at radius 3 is 0.816 bits per heavy atom. The molecule has 686 valence electrons. The van der Waals surface area contributed by atoms with Crippen LogP contribution < -0.4 is 49.0 Å². The van der Waals surface area contributed by atoms with E-state index in [-0.39, 0.29) is 18.5 Å². The predicted octanol–water partition coefficient (Wildman–Crippen LogP) is 26.4. The molecule has 5 aromatic carbocycles. The first-order chi connectivity index (χ1) is 68.8. The van der Waals surface area contributed by atoms with Gasteiger partial charge in [0.1, 0.15) is 30.8 Å². The first kappa shape index (κ1) is 77.0. The lowest BCUT2D eigenvalue weighted by atomic mass is 10.1. The maximum atomic E-state index is 8.71. The average molecular weight is 1820 g/mol. The summed E-state index contributed by atoms with van der Waals surface area (Å²) in [5, 5.41) is 9.94. The van der Waals surface area contributed by atoms with E-state index in [1.807, 2.05) is 227 Å². The van der Waals surface area contributed by atoms with Crippen molar-refractivity contribution in [1.82, 2.24) is 54.8 Å². The van der Waals surface area contributed by atoms with E-state index in [0.717, 1.165) is 196 Å². The van der Waals surface area contributed by atoms with Crippen molar-refractivity contribution in [2.75, 3.05) is 63.0 Å². The van der Waals surface area contributed by atoms with Crippen LogP contribution in [-0.4, -0.2) is 118 Å². The molecule has 26 heteroatoms. The van der Waals surface area contributed by atoms with E-state index in [4.69, 9.17) is 39.4 Å². The maximum absolute atomic E-state index is 8.71. The van der Waals surface area contributed by atoms with Crippen molar-refractivity contribution in [2.45, 2.75) is 194 Å². The van der Waals surface area contributed by atoms with E-state index in [9.17, 15) is 0 Å². The van der Waals surface area contributed by atoms with Gasteiger partial charge >= 0.3 is 0 Å². The lowest BCUT2D eigenvalue weighted by molar-refractivity contribution is 0.597. The van der Waals surface area contributed by atoms with Gasteiger partial charge in [0.2, 0.25) is 28.6 Å². The summed E-state index contributed by atoms with van der Waals surface area (Å²) in [5.41, 5.74) is 25.0. The van der Waals surface area contributed by atoms with Crippen molar-refractivity contribution in [2.24, 2.45) is 0 Å². The molecular weight excluding hydrogens is 1700 g/mol. The van der Waals surface area contributed by atoms with Crippen LogP contribution in [0.2, 0.25) is 0 Å². The summed E-state index contributed by atoms with van der Waals surface area (Å²) in [6.45, 7) is 36.8. The van der Waals surface area contributed by atoms with E-state index in [1.54, 1.807) is 31.0 Å². The molecule has 5 aliphatic rings. The number of furan rings is 5. The molecule has 0 saturated heterocycles. The van der Waals surface area contributed by atoms with Crippen LogP contribution in [0.4, 0.5) is 86.1 Å². The van der Waals surface area contributed by atoms with Gasteiger partial charge in [0.25, 0.3) is 0 Å². The molecule has 5 aliphatic heterocycles. The lowest BCUT2D eigenvalue weighted by Gasteiger charge is -2.33. The van der Waals surface area contributed by atoms with Crippen molar-refractivity contribution < 1.29 is 34.4 Å². The molecule has 0 bridgehead atoms. The van der Waals surface area contributed by atoms with Crippen molar-refractivity contribution in [1.29, 1.82) is 0 Å². The average Bonchev–Trinajstić information content (AvgIpc) is 1.58. The molecule has 136 heavy (non-hydrogen) atoms. The number of nitrogens with zero attached hydrogens (tertiary/aromatic N) is 21. The van der Waals surface area contributed by atoms with Crippen molar-refractivity contribution in [3.63, 3.8) is 0 Å². The van der Waals surface area contributed by atoms with E-state index in [2.05, 4.69) is 178 Å². The SMILES string of the molecule is [2H]C(C)(C)N1c2cccnc2N(c2c(C)ccc3c2oc2nc(C)ccc23)C1C.[2H]C(C)(C)N1c2ncccc2N(c2c(C)ccc3c2oc2nc(C)ccc23)C1C.[2H]C(C)(C)N1c2ncccc2N(c2c(C)ccc3c2oc2nc(C)ccc23)C1C.[2H]C([2H])([2H])N1c2ncccc2N(c2c(C)ccc3c2oc2nc(C)ccc23)C1C.[2H]C([2H])([2H])N1c2nccnc2N(c2c(C)ccc3c2oc2nc(C)ccc23)C1C. The summed E-state index contributed by atoms with van der Waals surface area (Å²) in [7, 11) is 0. The van der Waals surface area contributed by atoms with Gasteiger partial charge < -0.3 is 66.2 Å². The lowest BCUT2D eigenvalue weighted by Crippen LogP contribution is -2.42. The second-order valence-corrected chi connectivity index (χ2v) is 36.4.